The number of halogens is 3. The summed E-state index contributed by atoms with van der Waals surface area (Å²) in [5.41, 5.74) is 0.556. The molecule has 1 amide bonds. The molecule has 0 radical (unpaired) electrons. The van der Waals surface area contributed by atoms with Crippen molar-refractivity contribution in [1.29, 1.82) is 0 Å². The summed E-state index contributed by atoms with van der Waals surface area (Å²) in [5, 5.41) is 3.68. The fourth-order valence-electron chi connectivity index (χ4n) is 2.36. The maximum atomic E-state index is 13.3. The molecule has 3 rings (SSSR count). The fraction of sp³-hybridized carbons (Fsp3) is 0.0588. The molecule has 3 aromatic rings. The summed E-state index contributed by atoms with van der Waals surface area (Å²) < 4.78 is 14.9. The Labute approximate surface area is 146 Å². The largest absolute Gasteiger partial charge is 0.338 e. The van der Waals surface area contributed by atoms with E-state index in [1.54, 1.807) is 22.8 Å². The molecule has 122 valence electrons. The highest BCUT2D eigenvalue weighted by Gasteiger charge is 2.10. The van der Waals surface area contributed by atoms with Gasteiger partial charge in [0.05, 0.1) is 16.2 Å². The van der Waals surface area contributed by atoms with Gasteiger partial charge in [-0.25, -0.2) is 4.39 Å². The molecule has 7 heteroatoms. The number of hydrogen-bond acceptors (Lipinski definition) is 2. The van der Waals surface area contributed by atoms with Crippen LogP contribution in [0.15, 0.2) is 53.5 Å². The van der Waals surface area contributed by atoms with Gasteiger partial charge >= 0.3 is 0 Å². The van der Waals surface area contributed by atoms with E-state index in [2.05, 4.69) is 5.32 Å². The van der Waals surface area contributed by atoms with Crippen LogP contribution in [0.1, 0.15) is 0 Å². The van der Waals surface area contributed by atoms with Gasteiger partial charge in [-0.05, 0) is 36.4 Å². The minimum absolute atomic E-state index is 0.0642. The van der Waals surface area contributed by atoms with Crippen LogP contribution in [-0.2, 0) is 11.3 Å². The molecule has 0 fully saturated rings. The quantitative estimate of drug-likeness (QED) is 0.760. The molecule has 0 saturated heterocycles. The summed E-state index contributed by atoms with van der Waals surface area (Å²) >= 11 is 11.9. The lowest BCUT2D eigenvalue weighted by Gasteiger charge is -2.12. The van der Waals surface area contributed by atoms with Crippen molar-refractivity contribution in [2.24, 2.45) is 0 Å². The Bertz CT molecular complexity index is 1000. The fourth-order valence-corrected chi connectivity index (χ4v) is 2.70. The van der Waals surface area contributed by atoms with Crippen LogP contribution in [0.25, 0.3) is 10.9 Å². The summed E-state index contributed by atoms with van der Waals surface area (Å²) in [4.78, 5) is 24.1. The van der Waals surface area contributed by atoms with Gasteiger partial charge in [-0.3, -0.25) is 9.59 Å². The molecule has 24 heavy (non-hydrogen) atoms. The lowest BCUT2D eigenvalue weighted by atomic mass is 10.2. The highest BCUT2D eigenvalue weighted by atomic mass is 35.5. The molecule has 2 aromatic carbocycles. The van der Waals surface area contributed by atoms with Crippen LogP contribution in [0, 0.1) is 5.82 Å². The molecule has 0 aliphatic rings. The van der Waals surface area contributed by atoms with E-state index in [1.165, 1.54) is 24.4 Å². The third kappa shape index (κ3) is 3.42. The van der Waals surface area contributed by atoms with E-state index in [0.717, 1.165) is 6.07 Å². The lowest BCUT2D eigenvalue weighted by molar-refractivity contribution is -0.116. The van der Waals surface area contributed by atoms with Crippen molar-refractivity contribution >= 4 is 45.7 Å². The summed E-state index contributed by atoms with van der Waals surface area (Å²) in [5.74, 6) is -0.860. The molecule has 0 unspecified atom stereocenters. The Kier molecular flexibility index (Phi) is 4.55. The molecule has 0 aliphatic heterocycles. The second-order valence-electron chi connectivity index (χ2n) is 5.14. The third-order valence-corrected chi connectivity index (χ3v) is 4.02. The van der Waals surface area contributed by atoms with E-state index in [1.807, 2.05) is 0 Å². The number of pyridine rings is 1. The number of anilines is 1. The Morgan fingerprint density at radius 3 is 2.71 bits per heavy atom. The van der Waals surface area contributed by atoms with Gasteiger partial charge in [0.1, 0.15) is 12.4 Å². The zero-order valence-corrected chi connectivity index (χ0v) is 13.7. The number of fused-ring (bicyclic) bond motifs is 1. The van der Waals surface area contributed by atoms with E-state index in [0.29, 0.717) is 21.2 Å². The first-order chi connectivity index (χ1) is 11.4. The molecular weight excluding hydrogens is 354 g/mol. The van der Waals surface area contributed by atoms with Crippen LogP contribution in [0.3, 0.4) is 0 Å². The number of aromatic nitrogens is 1. The number of nitrogens with zero attached hydrogens (tertiary/aromatic N) is 1. The van der Waals surface area contributed by atoms with Gasteiger partial charge in [0.15, 0.2) is 5.43 Å². The van der Waals surface area contributed by atoms with E-state index in [9.17, 15) is 14.0 Å². The number of hydrogen-bond donors (Lipinski definition) is 1. The van der Waals surface area contributed by atoms with Crippen molar-refractivity contribution in [2.45, 2.75) is 6.54 Å². The Hall–Kier alpha value is -2.37. The average Bonchev–Trinajstić information content (AvgIpc) is 2.54. The second kappa shape index (κ2) is 6.63. The molecule has 0 aliphatic carbocycles. The predicted octanol–water partition coefficient (Wildman–Crippen LogP) is 4.09. The molecule has 0 atom stereocenters. The van der Waals surface area contributed by atoms with Crippen LogP contribution >= 0.6 is 23.2 Å². The van der Waals surface area contributed by atoms with E-state index in [4.69, 9.17) is 23.2 Å². The zero-order chi connectivity index (χ0) is 17.3. The zero-order valence-electron chi connectivity index (χ0n) is 12.2. The molecule has 0 saturated carbocycles. The van der Waals surface area contributed by atoms with E-state index < -0.39 is 5.82 Å². The van der Waals surface area contributed by atoms with Crippen molar-refractivity contribution < 1.29 is 9.18 Å². The van der Waals surface area contributed by atoms with Gasteiger partial charge < -0.3 is 9.88 Å². The monoisotopic (exact) mass is 364 g/mol. The summed E-state index contributed by atoms with van der Waals surface area (Å²) in [6.45, 7) is -0.0642. The van der Waals surface area contributed by atoms with Crippen molar-refractivity contribution in [3.8, 4) is 0 Å². The number of carbonyl (C=O) groups is 1. The number of nitrogens with one attached hydrogen (secondary N) is 1. The Morgan fingerprint density at radius 1 is 1.12 bits per heavy atom. The third-order valence-electron chi connectivity index (χ3n) is 3.46. The van der Waals surface area contributed by atoms with Crippen molar-refractivity contribution in [3.63, 3.8) is 0 Å². The first kappa shape index (κ1) is 16.5. The highest BCUT2D eigenvalue weighted by molar-refractivity contribution is 6.35. The first-order valence-corrected chi connectivity index (χ1v) is 7.73. The number of carbonyl (C=O) groups excluding carboxylic acids is 1. The maximum absolute atomic E-state index is 13.3. The number of benzene rings is 2. The SMILES string of the molecule is O=C(Cn1ccc(=O)c2cc(F)ccc21)Nc1cc(Cl)ccc1Cl. The molecule has 4 nitrogen and oxygen atoms in total. The van der Waals surface area contributed by atoms with Crippen molar-refractivity contribution in [1.82, 2.24) is 4.57 Å². The summed E-state index contributed by atoms with van der Waals surface area (Å²) in [6.07, 6.45) is 1.49. The molecular formula is C17H11Cl2FN2O2. The average molecular weight is 365 g/mol. The maximum Gasteiger partial charge on any atom is 0.244 e. The number of amides is 1. The minimum Gasteiger partial charge on any atom is -0.338 e. The van der Waals surface area contributed by atoms with Gasteiger partial charge in [0.25, 0.3) is 0 Å². The van der Waals surface area contributed by atoms with Gasteiger partial charge in [-0.2, -0.15) is 0 Å². The van der Waals surface area contributed by atoms with Crippen LogP contribution < -0.4 is 10.7 Å². The van der Waals surface area contributed by atoms with Crippen LogP contribution in [0.5, 0.6) is 0 Å². The van der Waals surface area contributed by atoms with Crippen LogP contribution in [-0.4, -0.2) is 10.5 Å². The topological polar surface area (TPSA) is 51.1 Å². The van der Waals surface area contributed by atoms with Gasteiger partial charge in [0.2, 0.25) is 5.91 Å². The lowest BCUT2D eigenvalue weighted by Crippen LogP contribution is -2.20. The normalized spacial score (nSPS) is 10.8. The van der Waals surface area contributed by atoms with Gasteiger partial charge in [-0.1, -0.05) is 23.2 Å². The van der Waals surface area contributed by atoms with E-state index >= 15 is 0 Å². The summed E-state index contributed by atoms with van der Waals surface area (Å²) in [7, 11) is 0. The van der Waals surface area contributed by atoms with E-state index in [-0.39, 0.29) is 23.3 Å². The predicted molar refractivity (Wildman–Crippen MR) is 93.3 cm³/mol. The standard InChI is InChI=1S/C17H11Cl2FN2O2/c18-10-1-3-13(19)14(7-10)21-17(24)9-22-6-5-16(23)12-8-11(20)2-4-15(12)22/h1-8H,9H2,(H,21,24). The molecule has 1 aromatic heterocycles. The van der Waals surface area contributed by atoms with Gasteiger partial charge in [0, 0.05) is 22.7 Å². The Morgan fingerprint density at radius 2 is 1.92 bits per heavy atom. The highest BCUT2D eigenvalue weighted by Crippen LogP contribution is 2.25. The van der Waals surface area contributed by atoms with Crippen LogP contribution in [0.4, 0.5) is 10.1 Å². The van der Waals surface area contributed by atoms with Crippen molar-refractivity contribution in [3.05, 3.63) is 74.7 Å². The van der Waals surface area contributed by atoms with Gasteiger partial charge in [-0.15, -0.1) is 0 Å². The first-order valence-electron chi connectivity index (χ1n) is 6.97. The minimum atomic E-state index is -0.507. The summed E-state index contributed by atoms with van der Waals surface area (Å²) in [6, 6.07) is 9.89. The molecule has 0 spiro atoms. The van der Waals surface area contributed by atoms with Crippen molar-refractivity contribution in [2.75, 3.05) is 5.32 Å². The Balaban J connectivity index is 1.90. The molecule has 0 bridgehead atoms. The second-order valence-corrected chi connectivity index (χ2v) is 5.99. The molecule has 1 heterocycles. The molecule has 1 N–H and O–H groups in total. The van der Waals surface area contributed by atoms with Crippen LogP contribution in [0.2, 0.25) is 10.0 Å². The smallest absolute Gasteiger partial charge is 0.244 e. The number of rotatable bonds is 3.